The SMILES string of the molecule is Cc1cccnc1CC(=O)Cc1coc(-c2ccc(OC(F)F)c(OC(F)F)c2)n1. The second-order valence-corrected chi connectivity index (χ2v) is 6.22. The molecule has 10 heteroatoms. The molecule has 2 aromatic heterocycles. The highest BCUT2D eigenvalue weighted by Crippen LogP contribution is 2.34. The number of rotatable bonds is 9. The Bertz CT molecular complexity index is 1020. The molecule has 0 aliphatic carbocycles. The van der Waals surface area contributed by atoms with E-state index in [9.17, 15) is 22.4 Å². The van der Waals surface area contributed by atoms with Crippen LogP contribution >= 0.6 is 0 Å². The van der Waals surface area contributed by atoms with Crippen LogP contribution in [0.3, 0.4) is 0 Å². The predicted octanol–water partition coefficient (Wildman–Crippen LogP) is 4.60. The van der Waals surface area contributed by atoms with Crippen molar-refractivity contribution < 1.29 is 36.2 Å². The average molecular weight is 424 g/mol. The number of ether oxygens (including phenoxy) is 2. The second-order valence-electron chi connectivity index (χ2n) is 6.22. The van der Waals surface area contributed by atoms with Crippen LogP contribution in [0, 0.1) is 6.92 Å². The number of carbonyl (C=O) groups excluding carboxylic acids is 1. The summed E-state index contributed by atoms with van der Waals surface area (Å²) in [6.07, 6.45) is 2.97. The number of nitrogens with zero attached hydrogens (tertiary/aromatic N) is 2. The molecule has 0 radical (unpaired) electrons. The van der Waals surface area contributed by atoms with Crippen LogP contribution in [-0.4, -0.2) is 29.0 Å². The summed E-state index contributed by atoms with van der Waals surface area (Å²) in [5.41, 5.74) is 2.07. The molecule has 3 aromatic rings. The molecule has 0 spiro atoms. The Hall–Kier alpha value is -3.43. The number of Topliss-reactive ketones (excluding diaryl/α,β-unsaturated/α-hetero) is 1. The number of aryl methyl sites for hydroxylation is 1. The van der Waals surface area contributed by atoms with Gasteiger partial charge in [-0.15, -0.1) is 0 Å². The summed E-state index contributed by atoms with van der Waals surface area (Å²) in [7, 11) is 0. The number of alkyl halides is 4. The normalized spacial score (nSPS) is 11.2. The summed E-state index contributed by atoms with van der Waals surface area (Å²) < 4.78 is 63.7. The van der Waals surface area contributed by atoms with E-state index in [-0.39, 0.29) is 30.1 Å². The highest BCUT2D eigenvalue weighted by molar-refractivity contribution is 5.82. The average Bonchev–Trinajstić information content (AvgIpc) is 3.12. The molecule has 0 aliphatic heterocycles. The van der Waals surface area contributed by atoms with Crippen molar-refractivity contribution in [2.24, 2.45) is 0 Å². The molecule has 6 nitrogen and oxygen atoms in total. The Morgan fingerprint density at radius 2 is 1.80 bits per heavy atom. The zero-order chi connectivity index (χ0) is 21.7. The first-order chi connectivity index (χ1) is 14.3. The third-order valence-electron chi connectivity index (χ3n) is 4.04. The lowest BCUT2D eigenvalue weighted by Crippen LogP contribution is -2.09. The third kappa shape index (κ3) is 5.56. The molecule has 0 bridgehead atoms. The maximum Gasteiger partial charge on any atom is 0.387 e. The van der Waals surface area contributed by atoms with Crippen LogP contribution in [-0.2, 0) is 17.6 Å². The molecule has 0 unspecified atom stereocenters. The number of aromatic nitrogens is 2. The van der Waals surface area contributed by atoms with Gasteiger partial charge in [-0.3, -0.25) is 9.78 Å². The van der Waals surface area contributed by atoms with Crippen LogP contribution < -0.4 is 9.47 Å². The van der Waals surface area contributed by atoms with Gasteiger partial charge in [0.1, 0.15) is 12.0 Å². The smallest absolute Gasteiger partial charge is 0.387 e. The number of carbonyl (C=O) groups is 1. The van der Waals surface area contributed by atoms with Gasteiger partial charge in [-0.2, -0.15) is 17.6 Å². The fourth-order valence-corrected chi connectivity index (χ4v) is 2.70. The second kappa shape index (κ2) is 9.38. The first-order valence-corrected chi connectivity index (χ1v) is 8.72. The summed E-state index contributed by atoms with van der Waals surface area (Å²) in [4.78, 5) is 20.6. The van der Waals surface area contributed by atoms with Gasteiger partial charge in [-0.05, 0) is 36.8 Å². The van der Waals surface area contributed by atoms with E-state index >= 15 is 0 Å². The summed E-state index contributed by atoms with van der Waals surface area (Å²) in [6.45, 7) is -4.60. The van der Waals surface area contributed by atoms with Gasteiger partial charge in [0, 0.05) is 18.2 Å². The Balaban J connectivity index is 1.74. The number of oxazole rings is 1. The van der Waals surface area contributed by atoms with E-state index in [0.717, 1.165) is 17.7 Å². The van der Waals surface area contributed by atoms with Crippen molar-refractivity contribution in [1.82, 2.24) is 9.97 Å². The topological polar surface area (TPSA) is 74.5 Å². The highest BCUT2D eigenvalue weighted by atomic mass is 19.3. The van der Waals surface area contributed by atoms with Gasteiger partial charge in [0.15, 0.2) is 11.5 Å². The maximum absolute atomic E-state index is 12.6. The zero-order valence-corrected chi connectivity index (χ0v) is 15.6. The van der Waals surface area contributed by atoms with Gasteiger partial charge in [0.05, 0.1) is 17.8 Å². The molecule has 0 saturated carbocycles. The van der Waals surface area contributed by atoms with Gasteiger partial charge in [0.25, 0.3) is 0 Å². The molecule has 0 saturated heterocycles. The molecule has 2 heterocycles. The van der Waals surface area contributed by atoms with Crippen LogP contribution in [0.5, 0.6) is 11.5 Å². The Morgan fingerprint density at radius 1 is 1.07 bits per heavy atom. The first kappa shape index (κ1) is 21.3. The van der Waals surface area contributed by atoms with E-state index in [0.29, 0.717) is 11.4 Å². The summed E-state index contributed by atoms with van der Waals surface area (Å²) in [6, 6.07) is 7.00. The van der Waals surface area contributed by atoms with Gasteiger partial charge in [0.2, 0.25) is 5.89 Å². The molecule has 0 fully saturated rings. The number of hydrogen-bond acceptors (Lipinski definition) is 6. The molecule has 1 aromatic carbocycles. The van der Waals surface area contributed by atoms with Crippen molar-refractivity contribution in [2.75, 3.05) is 0 Å². The molecule has 158 valence electrons. The molecule has 0 aliphatic rings. The van der Waals surface area contributed by atoms with Crippen molar-refractivity contribution in [2.45, 2.75) is 33.0 Å². The van der Waals surface area contributed by atoms with Gasteiger partial charge >= 0.3 is 13.2 Å². The number of pyridine rings is 1. The molecule has 0 amide bonds. The molecule has 3 rings (SSSR count). The quantitative estimate of drug-likeness (QED) is 0.468. The van der Waals surface area contributed by atoms with E-state index in [1.165, 1.54) is 12.3 Å². The lowest BCUT2D eigenvalue weighted by atomic mass is 10.1. The minimum atomic E-state index is -3.24. The van der Waals surface area contributed by atoms with Crippen molar-refractivity contribution in [1.29, 1.82) is 0 Å². The van der Waals surface area contributed by atoms with E-state index in [2.05, 4.69) is 19.4 Å². The van der Waals surface area contributed by atoms with Crippen molar-refractivity contribution in [3.8, 4) is 23.0 Å². The Kier molecular flexibility index (Phi) is 6.65. The highest BCUT2D eigenvalue weighted by Gasteiger charge is 2.18. The fraction of sp³-hybridized carbons (Fsp3) is 0.250. The largest absolute Gasteiger partial charge is 0.444 e. The minimum Gasteiger partial charge on any atom is -0.444 e. The first-order valence-electron chi connectivity index (χ1n) is 8.72. The van der Waals surface area contributed by atoms with Crippen LogP contribution in [0.4, 0.5) is 17.6 Å². The maximum atomic E-state index is 12.6. The van der Waals surface area contributed by atoms with Crippen LogP contribution in [0.25, 0.3) is 11.5 Å². The molecular weight excluding hydrogens is 408 g/mol. The van der Waals surface area contributed by atoms with E-state index in [1.807, 2.05) is 13.0 Å². The predicted molar refractivity (Wildman–Crippen MR) is 96.6 cm³/mol. The lowest BCUT2D eigenvalue weighted by Gasteiger charge is -2.12. The molecule has 30 heavy (non-hydrogen) atoms. The molecule has 0 N–H and O–H groups in total. The third-order valence-corrected chi connectivity index (χ3v) is 4.04. The van der Waals surface area contributed by atoms with Crippen LogP contribution in [0.1, 0.15) is 17.0 Å². The van der Waals surface area contributed by atoms with E-state index in [1.54, 1.807) is 12.3 Å². The number of halogens is 4. The van der Waals surface area contributed by atoms with Gasteiger partial charge in [-0.1, -0.05) is 6.07 Å². The van der Waals surface area contributed by atoms with Crippen LogP contribution in [0.15, 0.2) is 47.2 Å². The van der Waals surface area contributed by atoms with E-state index in [4.69, 9.17) is 4.42 Å². The van der Waals surface area contributed by atoms with Crippen LogP contribution in [0.2, 0.25) is 0 Å². The lowest BCUT2D eigenvalue weighted by molar-refractivity contribution is -0.117. The summed E-state index contributed by atoms with van der Waals surface area (Å²) in [5.74, 6) is -1.28. The van der Waals surface area contributed by atoms with Crippen molar-refractivity contribution >= 4 is 5.78 Å². The summed E-state index contributed by atoms with van der Waals surface area (Å²) in [5, 5.41) is 0. The summed E-state index contributed by atoms with van der Waals surface area (Å²) >= 11 is 0. The molecular formula is C20H16F4N2O4. The number of ketones is 1. The van der Waals surface area contributed by atoms with Crippen molar-refractivity contribution in [3.05, 3.63) is 59.7 Å². The minimum absolute atomic E-state index is 0.00882. The van der Waals surface area contributed by atoms with E-state index < -0.39 is 24.7 Å². The number of benzene rings is 1. The standard InChI is InChI=1S/C20H16F4N2O4/c1-11-3-2-6-25-15(11)9-14(27)8-13-10-28-18(26-13)12-4-5-16(29-19(21)22)17(7-12)30-20(23)24/h2-7,10,19-20H,8-9H2,1H3. The Morgan fingerprint density at radius 3 is 2.50 bits per heavy atom. The fourth-order valence-electron chi connectivity index (χ4n) is 2.70. The zero-order valence-electron chi connectivity index (χ0n) is 15.6. The van der Waals surface area contributed by atoms with Gasteiger partial charge in [-0.25, -0.2) is 4.98 Å². The Labute approximate surface area is 168 Å². The van der Waals surface area contributed by atoms with Gasteiger partial charge < -0.3 is 13.9 Å². The molecule has 0 atom stereocenters. The monoisotopic (exact) mass is 424 g/mol. The van der Waals surface area contributed by atoms with Crippen molar-refractivity contribution in [3.63, 3.8) is 0 Å². The number of hydrogen-bond donors (Lipinski definition) is 0.